The maximum Gasteiger partial charge on any atom is 0.229 e. The molecule has 0 unspecified atom stereocenters. The minimum Gasteiger partial charge on any atom is -0.464 e. The van der Waals surface area contributed by atoms with Gasteiger partial charge in [0.05, 0.1) is 18.2 Å². The number of carbonyl (C=O) groups is 1. The number of hydrogen-bond acceptors (Lipinski definition) is 4. The molecule has 0 aliphatic heterocycles. The first-order chi connectivity index (χ1) is 12.2. The van der Waals surface area contributed by atoms with Crippen LogP contribution in [-0.4, -0.2) is 5.91 Å². The van der Waals surface area contributed by atoms with Crippen LogP contribution in [0.1, 0.15) is 34.4 Å². The maximum atomic E-state index is 12.5. The van der Waals surface area contributed by atoms with Crippen LogP contribution in [0.15, 0.2) is 33.4 Å². The molecule has 1 N–H and O–H groups in total. The van der Waals surface area contributed by atoms with Crippen LogP contribution in [0.3, 0.4) is 0 Å². The van der Waals surface area contributed by atoms with Crippen molar-refractivity contribution in [1.29, 1.82) is 5.26 Å². The molecule has 0 radical (unpaired) electrons. The Kier molecular flexibility index (Phi) is 4.36. The summed E-state index contributed by atoms with van der Waals surface area (Å²) in [5.41, 5.74) is 3.38. The highest BCUT2D eigenvalue weighted by Gasteiger charge is 2.22. The first kappa shape index (κ1) is 16.4. The fourth-order valence-corrected chi connectivity index (χ4v) is 4.92. The number of halogens is 1. The van der Waals surface area contributed by atoms with E-state index in [-0.39, 0.29) is 12.3 Å². The van der Waals surface area contributed by atoms with Gasteiger partial charge in [0.25, 0.3) is 0 Å². The van der Waals surface area contributed by atoms with Crippen LogP contribution >= 0.6 is 27.3 Å². The number of furan rings is 1. The summed E-state index contributed by atoms with van der Waals surface area (Å²) in [7, 11) is 0. The second kappa shape index (κ2) is 6.66. The van der Waals surface area contributed by atoms with Gasteiger partial charge in [0, 0.05) is 20.3 Å². The van der Waals surface area contributed by atoms with Crippen LogP contribution in [0.5, 0.6) is 0 Å². The highest BCUT2D eigenvalue weighted by Crippen LogP contribution is 2.37. The SMILES string of the molecule is N#Cc1c(NC(=O)Cc2coc3ccc(Br)cc23)sc2c1CCCC2. The minimum absolute atomic E-state index is 0.127. The lowest BCUT2D eigenvalue weighted by Gasteiger charge is -2.09. The van der Waals surface area contributed by atoms with E-state index < -0.39 is 0 Å². The molecule has 2 aromatic heterocycles. The van der Waals surface area contributed by atoms with Crippen molar-refractivity contribution in [3.63, 3.8) is 0 Å². The summed E-state index contributed by atoms with van der Waals surface area (Å²) >= 11 is 4.99. The highest BCUT2D eigenvalue weighted by molar-refractivity contribution is 9.10. The predicted octanol–water partition coefficient (Wildman–Crippen LogP) is 5.19. The number of hydrogen-bond donors (Lipinski definition) is 1. The molecule has 0 saturated heterocycles. The van der Waals surface area contributed by atoms with Crippen molar-refractivity contribution in [2.45, 2.75) is 32.1 Å². The molecule has 4 nitrogen and oxygen atoms in total. The van der Waals surface area contributed by atoms with Crippen LogP contribution in [0, 0.1) is 11.3 Å². The summed E-state index contributed by atoms with van der Waals surface area (Å²) in [6, 6.07) is 8.01. The fraction of sp³-hybridized carbons (Fsp3) is 0.263. The number of anilines is 1. The summed E-state index contributed by atoms with van der Waals surface area (Å²) in [6.07, 6.45) is 6.05. The third-order valence-corrected chi connectivity index (χ3v) is 6.20. The lowest BCUT2D eigenvalue weighted by Crippen LogP contribution is -2.14. The van der Waals surface area contributed by atoms with Crippen molar-refractivity contribution in [3.8, 4) is 6.07 Å². The van der Waals surface area contributed by atoms with E-state index in [1.807, 2.05) is 18.2 Å². The van der Waals surface area contributed by atoms with Gasteiger partial charge in [-0.05, 0) is 49.4 Å². The molecular weight excluding hydrogens is 400 g/mol. The molecule has 0 atom stereocenters. The molecule has 6 heteroatoms. The smallest absolute Gasteiger partial charge is 0.229 e. The second-order valence-electron chi connectivity index (χ2n) is 6.15. The van der Waals surface area contributed by atoms with Crippen LogP contribution in [0.4, 0.5) is 5.00 Å². The van der Waals surface area contributed by atoms with Crippen molar-refractivity contribution in [2.24, 2.45) is 0 Å². The van der Waals surface area contributed by atoms with Crippen molar-refractivity contribution in [2.75, 3.05) is 5.32 Å². The molecule has 4 rings (SSSR count). The lowest BCUT2D eigenvalue weighted by molar-refractivity contribution is -0.115. The van der Waals surface area contributed by atoms with Gasteiger partial charge in [0.2, 0.25) is 5.91 Å². The Morgan fingerprint density at radius 1 is 1.36 bits per heavy atom. The van der Waals surface area contributed by atoms with E-state index in [2.05, 4.69) is 27.3 Å². The second-order valence-corrected chi connectivity index (χ2v) is 8.17. The summed E-state index contributed by atoms with van der Waals surface area (Å²) in [5, 5.41) is 14.0. The summed E-state index contributed by atoms with van der Waals surface area (Å²) in [6.45, 7) is 0. The number of thiophene rings is 1. The van der Waals surface area contributed by atoms with Gasteiger partial charge < -0.3 is 9.73 Å². The third-order valence-electron chi connectivity index (χ3n) is 4.50. The van der Waals surface area contributed by atoms with E-state index in [1.54, 1.807) is 17.6 Å². The zero-order valence-electron chi connectivity index (χ0n) is 13.4. The number of nitrogens with zero attached hydrogens (tertiary/aromatic N) is 1. The van der Waals surface area contributed by atoms with Gasteiger partial charge >= 0.3 is 0 Å². The molecule has 0 bridgehead atoms. The molecule has 25 heavy (non-hydrogen) atoms. The number of rotatable bonds is 3. The van der Waals surface area contributed by atoms with E-state index in [9.17, 15) is 10.1 Å². The molecule has 1 aliphatic rings. The average Bonchev–Trinajstić information content (AvgIpc) is 3.15. The molecule has 2 heterocycles. The first-order valence-electron chi connectivity index (χ1n) is 8.16. The lowest BCUT2D eigenvalue weighted by atomic mass is 9.96. The molecule has 0 spiro atoms. The zero-order chi connectivity index (χ0) is 17.4. The molecule has 3 aromatic rings. The number of benzene rings is 1. The van der Waals surface area contributed by atoms with Crippen molar-refractivity contribution >= 4 is 49.1 Å². The van der Waals surface area contributed by atoms with Crippen LogP contribution in [0.25, 0.3) is 11.0 Å². The monoisotopic (exact) mass is 414 g/mol. The molecule has 0 saturated carbocycles. The number of amides is 1. The van der Waals surface area contributed by atoms with Gasteiger partial charge in [-0.2, -0.15) is 5.26 Å². The van der Waals surface area contributed by atoms with Crippen LogP contribution < -0.4 is 5.32 Å². The Bertz CT molecular complexity index is 1010. The maximum absolute atomic E-state index is 12.5. The Morgan fingerprint density at radius 3 is 3.04 bits per heavy atom. The van der Waals surface area contributed by atoms with Crippen LogP contribution in [0.2, 0.25) is 0 Å². The van der Waals surface area contributed by atoms with E-state index in [1.165, 1.54) is 4.88 Å². The molecule has 1 aliphatic carbocycles. The molecule has 1 aromatic carbocycles. The number of nitrogens with one attached hydrogen (secondary N) is 1. The Labute approximate surface area is 157 Å². The Balaban J connectivity index is 1.57. The van der Waals surface area contributed by atoms with Gasteiger partial charge in [0.1, 0.15) is 16.7 Å². The fourth-order valence-electron chi connectivity index (χ4n) is 3.31. The Hall–Kier alpha value is -2.10. The first-order valence-corrected chi connectivity index (χ1v) is 9.77. The molecular formula is C19H15BrN2O2S. The van der Waals surface area contributed by atoms with Crippen molar-refractivity contribution < 1.29 is 9.21 Å². The predicted molar refractivity (Wildman–Crippen MR) is 102 cm³/mol. The minimum atomic E-state index is -0.127. The molecule has 1 amide bonds. The number of aryl methyl sites for hydroxylation is 1. The normalized spacial score (nSPS) is 13.4. The highest BCUT2D eigenvalue weighted by atomic mass is 79.9. The largest absolute Gasteiger partial charge is 0.464 e. The Morgan fingerprint density at radius 2 is 2.20 bits per heavy atom. The van der Waals surface area contributed by atoms with Gasteiger partial charge in [-0.3, -0.25) is 4.79 Å². The van der Waals surface area contributed by atoms with Crippen molar-refractivity contribution in [1.82, 2.24) is 0 Å². The molecule has 0 fully saturated rings. The van der Waals surface area contributed by atoms with E-state index in [0.29, 0.717) is 10.6 Å². The van der Waals surface area contributed by atoms with Gasteiger partial charge in [-0.1, -0.05) is 15.9 Å². The molecule has 126 valence electrons. The van der Waals surface area contributed by atoms with E-state index >= 15 is 0 Å². The van der Waals surface area contributed by atoms with Crippen LogP contribution in [-0.2, 0) is 24.1 Å². The topological polar surface area (TPSA) is 66.0 Å². The zero-order valence-corrected chi connectivity index (χ0v) is 15.8. The quantitative estimate of drug-likeness (QED) is 0.641. The number of fused-ring (bicyclic) bond motifs is 2. The summed E-state index contributed by atoms with van der Waals surface area (Å²) < 4.78 is 6.46. The van der Waals surface area contributed by atoms with E-state index in [0.717, 1.165) is 52.3 Å². The standard InChI is InChI=1S/C19H15BrN2O2S/c20-12-5-6-16-14(8-12)11(10-24-16)7-18(23)22-19-15(9-21)13-3-1-2-4-17(13)25-19/h5-6,8,10H,1-4,7H2,(H,22,23). The van der Waals surface area contributed by atoms with Gasteiger partial charge in [0.15, 0.2) is 0 Å². The van der Waals surface area contributed by atoms with Crippen molar-refractivity contribution in [3.05, 3.63) is 50.5 Å². The third kappa shape index (κ3) is 3.10. The average molecular weight is 415 g/mol. The van der Waals surface area contributed by atoms with Gasteiger partial charge in [-0.15, -0.1) is 11.3 Å². The van der Waals surface area contributed by atoms with E-state index in [4.69, 9.17) is 4.42 Å². The summed E-state index contributed by atoms with van der Waals surface area (Å²) in [4.78, 5) is 13.8. The van der Waals surface area contributed by atoms with Gasteiger partial charge in [-0.25, -0.2) is 0 Å². The number of carbonyl (C=O) groups excluding carboxylic acids is 1. The summed E-state index contributed by atoms with van der Waals surface area (Å²) in [5.74, 6) is -0.127. The number of nitriles is 1.